The lowest BCUT2D eigenvalue weighted by atomic mass is 10.2. The minimum Gasteiger partial charge on any atom is -0.508 e. The summed E-state index contributed by atoms with van der Waals surface area (Å²) in [4.78, 5) is 14.0. The molecule has 1 unspecified atom stereocenters. The molecule has 1 saturated heterocycles. The number of nitrogens with zero attached hydrogens (tertiary/aromatic N) is 1. The SMILES string of the molecule is CC(NC(=O)N1CCCCCC1)Oc1ccc(O)cc1. The average molecular weight is 278 g/mol. The van der Waals surface area contributed by atoms with Gasteiger partial charge in [0.15, 0.2) is 6.23 Å². The van der Waals surface area contributed by atoms with Crippen LogP contribution >= 0.6 is 0 Å². The highest BCUT2D eigenvalue weighted by Crippen LogP contribution is 2.17. The molecule has 0 bridgehead atoms. The Hall–Kier alpha value is -1.91. The number of benzene rings is 1. The number of rotatable bonds is 3. The van der Waals surface area contributed by atoms with Crippen molar-refractivity contribution in [1.29, 1.82) is 0 Å². The molecule has 2 rings (SSSR count). The third-order valence-corrected chi connectivity index (χ3v) is 3.37. The van der Waals surface area contributed by atoms with Crippen LogP contribution in [0.3, 0.4) is 0 Å². The molecule has 5 heteroatoms. The smallest absolute Gasteiger partial charge is 0.320 e. The summed E-state index contributed by atoms with van der Waals surface area (Å²) in [5, 5.41) is 12.0. The average Bonchev–Trinajstić information content (AvgIpc) is 2.70. The first-order valence-electron chi connectivity index (χ1n) is 7.16. The van der Waals surface area contributed by atoms with Crippen LogP contribution in [0.1, 0.15) is 32.6 Å². The van der Waals surface area contributed by atoms with Crippen molar-refractivity contribution in [3.05, 3.63) is 24.3 Å². The van der Waals surface area contributed by atoms with Crippen LogP contribution in [-0.4, -0.2) is 35.4 Å². The maximum atomic E-state index is 12.1. The largest absolute Gasteiger partial charge is 0.508 e. The third-order valence-electron chi connectivity index (χ3n) is 3.37. The fraction of sp³-hybridized carbons (Fsp3) is 0.533. The van der Waals surface area contributed by atoms with Crippen molar-refractivity contribution in [2.45, 2.75) is 38.8 Å². The number of phenolic OH excluding ortho intramolecular Hbond substituents is 1. The van der Waals surface area contributed by atoms with Crippen LogP contribution in [0.5, 0.6) is 11.5 Å². The molecular weight excluding hydrogens is 256 g/mol. The van der Waals surface area contributed by atoms with E-state index in [-0.39, 0.29) is 11.8 Å². The molecule has 5 nitrogen and oxygen atoms in total. The van der Waals surface area contributed by atoms with E-state index in [1.807, 2.05) is 4.90 Å². The van der Waals surface area contributed by atoms with E-state index in [0.717, 1.165) is 25.9 Å². The Bertz CT molecular complexity index is 425. The number of carbonyl (C=O) groups is 1. The van der Waals surface area contributed by atoms with Crippen LogP contribution in [0, 0.1) is 0 Å². The molecule has 1 atom stereocenters. The predicted octanol–water partition coefficient (Wildman–Crippen LogP) is 2.70. The molecular formula is C15H22N2O3. The number of likely N-dealkylation sites (tertiary alicyclic amines) is 1. The second-order valence-corrected chi connectivity index (χ2v) is 5.10. The number of hydrogen-bond acceptors (Lipinski definition) is 3. The first kappa shape index (κ1) is 14.5. The Morgan fingerprint density at radius 3 is 2.40 bits per heavy atom. The number of aromatic hydroxyl groups is 1. The van der Waals surface area contributed by atoms with Crippen molar-refractivity contribution in [2.24, 2.45) is 0 Å². The van der Waals surface area contributed by atoms with Gasteiger partial charge in [-0.05, 0) is 44.0 Å². The quantitative estimate of drug-likeness (QED) is 0.836. The van der Waals surface area contributed by atoms with Crippen LogP contribution in [-0.2, 0) is 0 Å². The monoisotopic (exact) mass is 278 g/mol. The van der Waals surface area contributed by atoms with Crippen molar-refractivity contribution in [2.75, 3.05) is 13.1 Å². The molecule has 1 aliphatic rings. The summed E-state index contributed by atoms with van der Waals surface area (Å²) in [7, 11) is 0. The van der Waals surface area contributed by atoms with Gasteiger partial charge in [-0.3, -0.25) is 0 Å². The predicted molar refractivity (Wildman–Crippen MR) is 76.8 cm³/mol. The summed E-state index contributed by atoms with van der Waals surface area (Å²) in [5.41, 5.74) is 0. The van der Waals surface area contributed by atoms with E-state index < -0.39 is 6.23 Å². The van der Waals surface area contributed by atoms with Gasteiger partial charge in [0.05, 0.1) is 0 Å². The fourth-order valence-corrected chi connectivity index (χ4v) is 2.30. The highest BCUT2D eigenvalue weighted by Gasteiger charge is 2.17. The first-order valence-corrected chi connectivity index (χ1v) is 7.16. The topological polar surface area (TPSA) is 61.8 Å². The van der Waals surface area contributed by atoms with Gasteiger partial charge < -0.3 is 20.1 Å². The van der Waals surface area contributed by atoms with Crippen LogP contribution in [0.25, 0.3) is 0 Å². The summed E-state index contributed by atoms with van der Waals surface area (Å²) in [6, 6.07) is 6.38. The highest BCUT2D eigenvalue weighted by molar-refractivity contribution is 5.74. The molecule has 0 spiro atoms. The van der Waals surface area contributed by atoms with E-state index in [0.29, 0.717) is 5.75 Å². The standard InChI is InChI=1S/C15H22N2O3/c1-12(20-14-8-6-13(18)7-9-14)16-15(19)17-10-4-2-3-5-11-17/h6-9,12,18H,2-5,10-11H2,1H3,(H,16,19). The Kier molecular flexibility index (Phi) is 5.09. The lowest BCUT2D eigenvalue weighted by Gasteiger charge is -2.24. The molecule has 20 heavy (non-hydrogen) atoms. The normalized spacial score (nSPS) is 17.1. The molecule has 0 saturated carbocycles. The number of hydrogen-bond donors (Lipinski definition) is 2. The summed E-state index contributed by atoms with van der Waals surface area (Å²) >= 11 is 0. The van der Waals surface area contributed by atoms with Gasteiger partial charge in [-0.15, -0.1) is 0 Å². The molecule has 110 valence electrons. The molecule has 1 aromatic carbocycles. The zero-order chi connectivity index (χ0) is 14.4. The van der Waals surface area contributed by atoms with E-state index in [1.165, 1.54) is 12.8 Å². The zero-order valence-corrected chi connectivity index (χ0v) is 11.8. The Labute approximate surface area is 119 Å². The van der Waals surface area contributed by atoms with Crippen LogP contribution in [0.15, 0.2) is 24.3 Å². The van der Waals surface area contributed by atoms with Crippen molar-refractivity contribution < 1.29 is 14.6 Å². The Morgan fingerprint density at radius 1 is 1.20 bits per heavy atom. The molecule has 1 heterocycles. The van der Waals surface area contributed by atoms with Gasteiger partial charge >= 0.3 is 6.03 Å². The number of urea groups is 1. The number of carbonyl (C=O) groups excluding carboxylic acids is 1. The maximum absolute atomic E-state index is 12.1. The number of amides is 2. The van der Waals surface area contributed by atoms with Crippen LogP contribution in [0.4, 0.5) is 4.79 Å². The van der Waals surface area contributed by atoms with Crippen molar-refractivity contribution >= 4 is 6.03 Å². The van der Waals surface area contributed by atoms with Gasteiger partial charge in [0.2, 0.25) is 0 Å². The third kappa shape index (κ3) is 4.33. The first-order chi connectivity index (χ1) is 9.65. The minimum atomic E-state index is -0.407. The second-order valence-electron chi connectivity index (χ2n) is 5.10. The molecule has 2 N–H and O–H groups in total. The summed E-state index contributed by atoms with van der Waals surface area (Å²) < 4.78 is 5.59. The summed E-state index contributed by atoms with van der Waals surface area (Å²) in [6.45, 7) is 3.43. The molecule has 0 aromatic heterocycles. The van der Waals surface area contributed by atoms with E-state index in [4.69, 9.17) is 4.74 Å². The van der Waals surface area contributed by atoms with E-state index in [1.54, 1.807) is 31.2 Å². The molecule has 1 aromatic rings. The molecule has 0 radical (unpaired) electrons. The Morgan fingerprint density at radius 2 is 1.80 bits per heavy atom. The zero-order valence-electron chi connectivity index (χ0n) is 11.8. The van der Waals surface area contributed by atoms with Gasteiger partial charge in [0.1, 0.15) is 11.5 Å². The van der Waals surface area contributed by atoms with E-state index >= 15 is 0 Å². The lowest BCUT2D eigenvalue weighted by molar-refractivity contribution is 0.154. The summed E-state index contributed by atoms with van der Waals surface area (Å²) in [5.74, 6) is 0.810. The molecule has 2 amide bonds. The highest BCUT2D eigenvalue weighted by atomic mass is 16.5. The fourth-order valence-electron chi connectivity index (χ4n) is 2.30. The van der Waals surface area contributed by atoms with Crippen molar-refractivity contribution in [3.63, 3.8) is 0 Å². The Balaban J connectivity index is 1.82. The number of phenols is 1. The number of ether oxygens (including phenoxy) is 1. The minimum absolute atomic E-state index is 0.0711. The van der Waals surface area contributed by atoms with Gasteiger partial charge in [-0.2, -0.15) is 0 Å². The summed E-state index contributed by atoms with van der Waals surface area (Å²) in [6.07, 6.45) is 4.13. The molecule has 0 aliphatic carbocycles. The van der Waals surface area contributed by atoms with Gasteiger partial charge in [-0.1, -0.05) is 12.8 Å². The molecule has 1 fully saturated rings. The second kappa shape index (κ2) is 7.03. The van der Waals surface area contributed by atoms with Gasteiger partial charge in [0, 0.05) is 13.1 Å². The van der Waals surface area contributed by atoms with Gasteiger partial charge in [0.25, 0.3) is 0 Å². The van der Waals surface area contributed by atoms with E-state index in [9.17, 15) is 9.90 Å². The molecule has 1 aliphatic heterocycles. The van der Waals surface area contributed by atoms with Crippen molar-refractivity contribution in [3.8, 4) is 11.5 Å². The maximum Gasteiger partial charge on any atom is 0.320 e. The van der Waals surface area contributed by atoms with Gasteiger partial charge in [-0.25, -0.2) is 4.79 Å². The van der Waals surface area contributed by atoms with Crippen LogP contribution < -0.4 is 10.1 Å². The van der Waals surface area contributed by atoms with E-state index in [2.05, 4.69) is 5.32 Å². The van der Waals surface area contributed by atoms with Crippen LogP contribution in [0.2, 0.25) is 0 Å². The lowest BCUT2D eigenvalue weighted by Crippen LogP contribution is -2.46. The number of nitrogens with one attached hydrogen (secondary N) is 1. The van der Waals surface area contributed by atoms with Crippen molar-refractivity contribution in [1.82, 2.24) is 10.2 Å².